The minimum Gasteiger partial charge on any atom is -0.390 e. The molecular weight excluding hydrogens is 216 g/mol. The highest BCUT2D eigenvalue weighted by Crippen LogP contribution is 2.38. The van der Waals surface area contributed by atoms with Gasteiger partial charge < -0.3 is 5.73 Å². The molecule has 2 aromatic rings. The van der Waals surface area contributed by atoms with E-state index in [0.717, 1.165) is 22.7 Å². The van der Waals surface area contributed by atoms with Crippen LogP contribution in [0, 0.1) is 0 Å². The van der Waals surface area contributed by atoms with Crippen molar-refractivity contribution in [3.8, 4) is 11.3 Å². The molecule has 2 N–H and O–H groups in total. The van der Waals surface area contributed by atoms with Crippen LogP contribution >= 0.6 is 11.3 Å². The molecule has 1 unspecified atom stereocenters. The molecule has 0 bridgehead atoms. The Balaban J connectivity index is 2.52. The van der Waals surface area contributed by atoms with Crippen molar-refractivity contribution in [3.63, 3.8) is 0 Å². The molecule has 84 valence electrons. The Hall–Kier alpha value is -1.35. The second kappa shape index (κ2) is 4.66. The van der Waals surface area contributed by atoms with Crippen LogP contribution in [0.15, 0.2) is 29.8 Å². The number of aromatic nitrogens is 1. The van der Waals surface area contributed by atoms with E-state index in [9.17, 15) is 0 Å². The van der Waals surface area contributed by atoms with Gasteiger partial charge in [-0.1, -0.05) is 19.9 Å². The molecule has 0 saturated carbocycles. The van der Waals surface area contributed by atoms with Gasteiger partial charge in [-0.15, -0.1) is 11.3 Å². The number of nitrogens with zero attached hydrogens (tertiary/aromatic N) is 1. The lowest BCUT2D eigenvalue weighted by atomic mass is 9.95. The molecule has 2 nitrogen and oxygen atoms in total. The predicted molar refractivity (Wildman–Crippen MR) is 70.7 cm³/mol. The maximum atomic E-state index is 6.04. The Bertz CT molecular complexity index is 462. The Kier molecular flexibility index (Phi) is 3.25. The zero-order valence-electron chi connectivity index (χ0n) is 9.60. The van der Waals surface area contributed by atoms with E-state index < -0.39 is 0 Å². The quantitative estimate of drug-likeness (QED) is 0.871. The molecule has 0 radical (unpaired) electrons. The van der Waals surface area contributed by atoms with E-state index in [1.54, 1.807) is 11.3 Å². The number of thiophene rings is 1. The van der Waals surface area contributed by atoms with Crippen molar-refractivity contribution in [3.05, 3.63) is 35.3 Å². The van der Waals surface area contributed by atoms with Crippen LogP contribution in [0.4, 0.5) is 5.00 Å². The first-order valence-corrected chi connectivity index (χ1v) is 6.40. The van der Waals surface area contributed by atoms with Crippen LogP contribution in [0.5, 0.6) is 0 Å². The molecule has 0 spiro atoms. The first-order valence-electron chi connectivity index (χ1n) is 5.52. The van der Waals surface area contributed by atoms with Gasteiger partial charge in [0.1, 0.15) is 0 Å². The molecule has 2 rings (SSSR count). The summed E-state index contributed by atoms with van der Waals surface area (Å²) in [6.07, 6.45) is 2.93. The summed E-state index contributed by atoms with van der Waals surface area (Å²) >= 11 is 1.61. The highest BCUT2D eigenvalue weighted by molar-refractivity contribution is 7.14. The van der Waals surface area contributed by atoms with Crippen molar-refractivity contribution in [1.82, 2.24) is 4.98 Å². The van der Waals surface area contributed by atoms with Crippen molar-refractivity contribution in [2.75, 3.05) is 5.73 Å². The van der Waals surface area contributed by atoms with Gasteiger partial charge in [0.05, 0.1) is 10.7 Å². The molecule has 0 fully saturated rings. The molecule has 2 aromatic heterocycles. The lowest BCUT2D eigenvalue weighted by Crippen LogP contribution is -1.95. The molecule has 0 saturated heterocycles. The summed E-state index contributed by atoms with van der Waals surface area (Å²) in [4.78, 5) is 4.39. The third kappa shape index (κ3) is 1.95. The molecule has 16 heavy (non-hydrogen) atoms. The highest BCUT2D eigenvalue weighted by atomic mass is 32.1. The Morgan fingerprint density at radius 3 is 2.88 bits per heavy atom. The van der Waals surface area contributed by atoms with E-state index in [1.807, 2.05) is 24.4 Å². The number of pyridine rings is 1. The normalized spacial score (nSPS) is 12.6. The molecule has 1 atom stereocenters. The average Bonchev–Trinajstić information content (AvgIpc) is 2.71. The van der Waals surface area contributed by atoms with Gasteiger partial charge in [-0.05, 0) is 35.4 Å². The minimum absolute atomic E-state index is 0.533. The van der Waals surface area contributed by atoms with Gasteiger partial charge in [0.2, 0.25) is 0 Å². The van der Waals surface area contributed by atoms with Gasteiger partial charge >= 0.3 is 0 Å². The van der Waals surface area contributed by atoms with Crippen LogP contribution in [0.2, 0.25) is 0 Å². The van der Waals surface area contributed by atoms with E-state index in [1.165, 1.54) is 5.56 Å². The number of rotatable bonds is 3. The predicted octanol–water partition coefficient (Wildman–Crippen LogP) is 3.91. The lowest BCUT2D eigenvalue weighted by Gasteiger charge is -2.10. The zero-order chi connectivity index (χ0) is 11.5. The van der Waals surface area contributed by atoms with Gasteiger partial charge in [-0.25, -0.2) is 0 Å². The van der Waals surface area contributed by atoms with Crippen LogP contribution in [-0.2, 0) is 0 Å². The number of anilines is 1. The fraction of sp³-hybridized carbons (Fsp3) is 0.308. The van der Waals surface area contributed by atoms with Crippen LogP contribution in [-0.4, -0.2) is 4.98 Å². The molecular formula is C13H16N2S. The third-order valence-electron chi connectivity index (χ3n) is 2.91. The molecule has 0 aromatic carbocycles. The van der Waals surface area contributed by atoms with E-state index >= 15 is 0 Å². The fourth-order valence-corrected chi connectivity index (χ4v) is 2.70. The van der Waals surface area contributed by atoms with Gasteiger partial charge in [0, 0.05) is 11.8 Å². The largest absolute Gasteiger partial charge is 0.390 e. The maximum absolute atomic E-state index is 6.04. The zero-order valence-corrected chi connectivity index (χ0v) is 10.4. The van der Waals surface area contributed by atoms with Crippen LogP contribution in [0.1, 0.15) is 31.7 Å². The maximum Gasteiger partial charge on any atom is 0.0954 e. The van der Waals surface area contributed by atoms with Gasteiger partial charge in [0.15, 0.2) is 0 Å². The molecule has 3 heteroatoms. The van der Waals surface area contributed by atoms with Crippen LogP contribution in [0.25, 0.3) is 11.3 Å². The monoisotopic (exact) mass is 232 g/mol. The van der Waals surface area contributed by atoms with E-state index in [4.69, 9.17) is 5.73 Å². The van der Waals surface area contributed by atoms with Gasteiger partial charge in [0.25, 0.3) is 0 Å². The Morgan fingerprint density at radius 1 is 1.44 bits per heavy atom. The first kappa shape index (κ1) is 11.1. The summed E-state index contributed by atoms with van der Waals surface area (Å²) in [5.74, 6) is 0.533. The molecule has 0 aliphatic heterocycles. The second-order valence-electron chi connectivity index (χ2n) is 3.95. The molecule has 0 amide bonds. The summed E-state index contributed by atoms with van der Waals surface area (Å²) in [5.41, 5.74) is 9.48. The van der Waals surface area contributed by atoms with Crippen molar-refractivity contribution in [2.24, 2.45) is 0 Å². The van der Waals surface area contributed by atoms with Crippen molar-refractivity contribution in [2.45, 2.75) is 26.2 Å². The first-order chi connectivity index (χ1) is 7.74. The van der Waals surface area contributed by atoms with E-state index in [2.05, 4.69) is 24.2 Å². The SMILES string of the molecule is CCC(C)c1csc(N)c1-c1ccccn1. The summed E-state index contributed by atoms with van der Waals surface area (Å²) in [6.45, 7) is 4.43. The number of nitrogen functional groups attached to an aromatic ring is 1. The summed E-state index contributed by atoms with van der Waals surface area (Å²) in [7, 11) is 0. The third-order valence-corrected chi connectivity index (χ3v) is 3.74. The van der Waals surface area contributed by atoms with Gasteiger partial charge in [-0.2, -0.15) is 0 Å². The minimum atomic E-state index is 0.533. The molecule has 0 aliphatic carbocycles. The lowest BCUT2D eigenvalue weighted by molar-refractivity contribution is 0.738. The van der Waals surface area contributed by atoms with E-state index in [-0.39, 0.29) is 0 Å². The van der Waals surface area contributed by atoms with Crippen LogP contribution in [0.3, 0.4) is 0 Å². The van der Waals surface area contributed by atoms with Crippen molar-refractivity contribution in [1.29, 1.82) is 0 Å². The molecule has 0 aliphatic rings. The summed E-state index contributed by atoms with van der Waals surface area (Å²) < 4.78 is 0. The number of hydrogen-bond donors (Lipinski definition) is 1. The Labute approximate surface area is 100 Å². The van der Waals surface area contributed by atoms with Crippen molar-refractivity contribution < 1.29 is 0 Å². The fourth-order valence-electron chi connectivity index (χ4n) is 1.75. The van der Waals surface area contributed by atoms with Crippen LogP contribution < -0.4 is 5.73 Å². The summed E-state index contributed by atoms with van der Waals surface area (Å²) in [6, 6.07) is 5.94. The van der Waals surface area contributed by atoms with Gasteiger partial charge in [-0.3, -0.25) is 4.98 Å². The number of nitrogens with two attached hydrogens (primary N) is 1. The smallest absolute Gasteiger partial charge is 0.0954 e. The second-order valence-corrected chi connectivity index (χ2v) is 4.87. The van der Waals surface area contributed by atoms with Crippen molar-refractivity contribution >= 4 is 16.3 Å². The average molecular weight is 232 g/mol. The number of hydrogen-bond acceptors (Lipinski definition) is 3. The highest BCUT2D eigenvalue weighted by Gasteiger charge is 2.16. The van der Waals surface area contributed by atoms with E-state index in [0.29, 0.717) is 5.92 Å². The topological polar surface area (TPSA) is 38.9 Å². The molecule has 2 heterocycles. The Morgan fingerprint density at radius 2 is 2.25 bits per heavy atom. The standard InChI is InChI=1S/C13H16N2S/c1-3-9(2)10-8-16-13(14)12(10)11-6-4-5-7-15-11/h4-9H,3,14H2,1-2H3. The summed E-state index contributed by atoms with van der Waals surface area (Å²) in [5, 5.41) is 3.03.